The van der Waals surface area contributed by atoms with Gasteiger partial charge in [0.2, 0.25) is 0 Å². The van der Waals surface area contributed by atoms with Crippen molar-refractivity contribution in [3.8, 4) is 5.75 Å². The topological polar surface area (TPSA) is 90.9 Å². The van der Waals surface area contributed by atoms with Gasteiger partial charge in [-0.05, 0) is 47.8 Å². The number of ether oxygens (including phenoxy) is 1. The van der Waals surface area contributed by atoms with E-state index in [-0.39, 0.29) is 11.9 Å². The molecule has 1 fully saturated rings. The van der Waals surface area contributed by atoms with Gasteiger partial charge in [0.05, 0.1) is 12.5 Å². The normalized spacial score (nSPS) is 21.0. The first kappa shape index (κ1) is 16.7. The first-order valence-corrected chi connectivity index (χ1v) is 8.80. The number of rotatable bonds is 2. The van der Waals surface area contributed by atoms with Gasteiger partial charge in [-0.15, -0.1) is 0 Å². The number of carbonyl (C=O) groups excluding carboxylic acids is 2. The smallest absolute Gasteiger partial charge is 0.322 e. The van der Waals surface area contributed by atoms with E-state index in [1.165, 1.54) is 0 Å². The molecule has 0 radical (unpaired) electrons. The first-order valence-electron chi connectivity index (χ1n) is 8.80. The number of allylic oxidation sites excluding steroid dienone is 1. The van der Waals surface area contributed by atoms with Crippen molar-refractivity contribution in [2.75, 3.05) is 25.0 Å². The maximum atomic E-state index is 12.6. The fourth-order valence-electron chi connectivity index (χ4n) is 3.67. The van der Waals surface area contributed by atoms with Crippen LogP contribution in [0.2, 0.25) is 0 Å². The molecule has 3 aliphatic rings. The monoisotopic (exact) mass is 355 g/mol. The third-order valence-corrected chi connectivity index (χ3v) is 5.12. The number of hydrogen-bond donors (Lipinski definition) is 3. The molecule has 1 atom stereocenters. The molecule has 1 aromatic carbocycles. The van der Waals surface area contributed by atoms with Gasteiger partial charge in [0, 0.05) is 25.2 Å². The van der Waals surface area contributed by atoms with Crippen LogP contribution in [-0.4, -0.2) is 41.7 Å². The van der Waals surface area contributed by atoms with E-state index in [1.54, 1.807) is 10.4 Å². The van der Waals surface area contributed by atoms with E-state index in [0.717, 1.165) is 34.6 Å². The van der Waals surface area contributed by atoms with Gasteiger partial charge >= 0.3 is 6.03 Å². The highest BCUT2D eigenvalue weighted by atomic mass is 16.5. The number of nitrogens with zero attached hydrogens (tertiary/aromatic N) is 1. The van der Waals surface area contributed by atoms with E-state index >= 15 is 0 Å². The molecule has 2 aliphatic heterocycles. The zero-order chi connectivity index (χ0) is 18.1. The van der Waals surface area contributed by atoms with E-state index in [2.05, 4.69) is 5.32 Å². The highest BCUT2D eigenvalue weighted by molar-refractivity contribution is 5.90. The summed E-state index contributed by atoms with van der Waals surface area (Å²) in [5.41, 5.74) is 5.77. The summed E-state index contributed by atoms with van der Waals surface area (Å²) in [6.45, 7) is 1.81. The Balaban J connectivity index is 1.40. The average Bonchev–Trinajstić information content (AvgIpc) is 3.14. The summed E-state index contributed by atoms with van der Waals surface area (Å²) < 4.78 is 5.49. The fourth-order valence-corrected chi connectivity index (χ4v) is 3.67. The van der Waals surface area contributed by atoms with E-state index in [1.807, 2.05) is 30.4 Å². The molecule has 0 bridgehead atoms. The molecular formula is C19H21N3O4. The second kappa shape index (κ2) is 6.84. The number of nitrogens with one attached hydrogen (secondary N) is 2. The molecule has 1 aliphatic carbocycles. The van der Waals surface area contributed by atoms with Gasteiger partial charge in [-0.1, -0.05) is 12.2 Å². The lowest BCUT2D eigenvalue weighted by Gasteiger charge is -2.33. The summed E-state index contributed by atoms with van der Waals surface area (Å²) in [5.74, 6) is 0.158. The highest BCUT2D eigenvalue weighted by Crippen LogP contribution is 2.31. The van der Waals surface area contributed by atoms with E-state index < -0.39 is 5.91 Å². The largest absolute Gasteiger partial charge is 0.493 e. The lowest BCUT2D eigenvalue weighted by molar-refractivity contribution is -0.131. The Bertz CT molecular complexity index is 815. The van der Waals surface area contributed by atoms with Crippen LogP contribution in [0.3, 0.4) is 0 Å². The van der Waals surface area contributed by atoms with Crippen LogP contribution in [-0.2, 0) is 11.2 Å². The summed E-state index contributed by atoms with van der Waals surface area (Å²) in [5, 5.41) is 11.7. The molecule has 4 rings (SSSR count). The molecule has 0 aromatic heterocycles. The van der Waals surface area contributed by atoms with Gasteiger partial charge < -0.3 is 15.0 Å². The molecule has 0 saturated carbocycles. The maximum Gasteiger partial charge on any atom is 0.322 e. The maximum absolute atomic E-state index is 12.6. The van der Waals surface area contributed by atoms with Gasteiger partial charge in [-0.3, -0.25) is 10.0 Å². The van der Waals surface area contributed by atoms with Crippen LogP contribution >= 0.6 is 0 Å². The van der Waals surface area contributed by atoms with E-state index in [0.29, 0.717) is 32.5 Å². The number of hydrogen-bond acceptors (Lipinski definition) is 4. The van der Waals surface area contributed by atoms with Crippen molar-refractivity contribution in [1.29, 1.82) is 0 Å². The zero-order valence-electron chi connectivity index (χ0n) is 14.3. The number of benzene rings is 1. The molecule has 1 saturated heterocycles. The number of hydroxylamine groups is 1. The van der Waals surface area contributed by atoms with Gasteiger partial charge in [0.15, 0.2) is 0 Å². The van der Waals surface area contributed by atoms with Crippen LogP contribution in [0, 0.1) is 5.92 Å². The van der Waals surface area contributed by atoms with Crippen molar-refractivity contribution < 1.29 is 19.5 Å². The second-order valence-corrected chi connectivity index (χ2v) is 6.76. The number of likely N-dealkylation sites (tertiary alicyclic amines) is 1. The standard InChI is InChI=1S/C19H21N3O4/c23-18(21-25)14-1-2-15-11-22(7-5-12(15)9-14)19(24)20-16-3-4-17-13(10-16)6-8-26-17/h2-4,9-10,14,25H,1,5-8,11H2,(H,20,24)(H,21,23). The quantitative estimate of drug-likeness (QED) is 0.560. The summed E-state index contributed by atoms with van der Waals surface area (Å²) >= 11 is 0. The van der Waals surface area contributed by atoms with Crippen LogP contribution in [0.4, 0.5) is 10.5 Å². The Morgan fingerprint density at radius 1 is 1.23 bits per heavy atom. The molecule has 1 aromatic rings. The number of carbonyl (C=O) groups is 2. The van der Waals surface area contributed by atoms with Crippen molar-refractivity contribution in [2.45, 2.75) is 19.3 Å². The van der Waals surface area contributed by atoms with Crippen LogP contribution < -0.4 is 15.5 Å². The number of anilines is 1. The van der Waals surface area contributed by atoms with Crippen LogP contribution in [0.15, 0.2) is 41.5 Å². The number of urea groups is 1. The second-order valence-electron chi connectivity index (χ2n) is 6.76. The van der Waals surface area contributed by atoms with Crippen LogP contribution in [0.25, 0.3) is 0 Å². The van der Waals surface area contributed by atoms with Gasteiger partial charge in [0.1, 0.15) is 5.75 Å². The number of fused-ring (bicyclic) bond motifs is 2. The van der Waals surface area contributed by atoms with E-state index in [4.69, 9.17) is 9.94 Å². The molecule has 3 N–H and O–H groups in total. The SMILES string of the molecule is O=C(NO)C1C=C2CCN(C(=O)Nc3ccc4c(c3)CCO4)CC2=CC1. The van der Waals surface area contributed by atoms with Gasteiger partial charge in [-0.25, -0.2) is 10.3 Å². The molecule has 26 heavy (non-hydrogen) atoms. The predicted molar refractivity (Wildman–Crippen MR) is 95.1 cm³/mol. The summed E-state index contributed by atoms with van der Waals surface area (Å²) in [6.07, 6.45) is 5.99. The van der Waals surface area contributed by atoms with Crippen molar-refractivity contribution in [3.05, 3.63) is 47.1 Å². The summed E-state index contributed by atoms with van der Waals surface area (Å²) in [4.78, 5) is 26.0. The van der Waals surface area contributed by atoms with Gasteiger partial charge in [-0.2, -0.15) is 0 Å². The molecule has 1 unspecified atom stereocenters. The molecular weight excluding hydrogens is 334 g/mol. The summed E-state index contributed by atoms with van der Waals surface area (Å²) in [7, 11) is 0. The lowest BCUT2D eigenvalue weighted by atomic mass is 9.86. The Morgan fingerprint density at radius 2 is 2.12 bits per heavy atom. The molecule has 0 spiro atoms. The van der Waals surface area contributed by atoms with Crippen molar-refractivity contribution in [2.24, 2.45) is 5.92 Å². The third-order valence-electron chi connectivity index (χ3n) is 5.12. The Labute approximate surface area is 151 Å². The predicted octanol–water partition coefficient (Wildman–Crippen LogP) is 2.24. The Hall–Kier alpha value is -2.80. The average molecular weight is 355 g/mol. The molecule has 3 amide bonds. The van der Waals surface area contributed by atoms with E-state index in [9.17, 15) is 9.59 Å². The minimum atomic E-state index is -0.395. The number of piperidine rings is 1. The minimum absolute atomic E-state index is 0.126. The molecule has 7 nitrogen and oxygen atoms in total. The van der Waals surface area contributed by atoms with Crippen LogP contribution in [0.5, 0.6) is 5.75 Å². The Kier molecular flexibility index (Phi) is 4.38. The lowest BCUT2D eigenvalue weighted by Crippen LogP contribution is -2.41. The van der Waals surface area contributed by atoms with Crippen molar-refractivity contribution in [3.63, 3.8) is 0 Å². The highest BCUT2D eigenvalue weighted by Gasteiger charge is 2.27. The third kappa shape index (κ3) is 3.17. The van der Waals surface area contributed by atoms with Crippen molar-refractivity contribution in [1.82, 2.24) is 10.4 Å². The molecule has 7 heteroatoms. The number of amides is 3. The minimum Gasteiger partial charge on any atom is -0.493 e. The Morgan fingerprint density at radius 3 is 2.96 bits per heavy atom. The van der Waals surface area contributed by atoms with Crippen LogP contribution in [0.1, 0.15) is 18.4 Å². The molecule has 136 valence electrons. The summed E-state index contributed by atoms with van der Waals surface area (Å²) in [6, 6.07) is 5.59. The zero-order valence-corrected chi connectivity index (χ0v) is 14.3. The molecule has 2 heterocycles. The van der Waals surface area contributed by atoms with Crippen molar-refractivity contribution >= 4 is 17.6 Å². The first-order chi connectivity index (χ1) is 12.6. The van der Waals surface area contributed by atoms with Gasteiger partial charge in [0.25, 0.3) is 5.91 Å². The fraction of sp³-hybridized carbons (Fsp3) is 0.368.